The quantitative estimate of drug-likeness (QED) is 0.777. The average molecular weight is 335 g/mol. The van der Waals surface area contributed by atoms with Crippen LogP contribution in [0.25, 0.3) is 0 Å². The van der Waals surface area contributed by atoms with Crippen LogP contribution < -0.4 is 5.73 Å². The molecule has 0 bridgehead atoms. The number of halogens is 3. The standard InChI is InChI=1S/C14H13Cl2NS.ClH/c15-11-6-7-12(16)13(8-11)18-14(9-17)10-4-2-1-3-5-10;/h1-8,14H,9,17H2;1H. The van der Waals surface area contributed by atoms with E-state index in [2.05, 4.69) is 12.1 Å². The summed E-state index contributed by atoms with van der Waals surface area (Å²) in [7, 11) is 0. The molecule has 0 saturated carbocycles. The van der Waals surface area contributed by atoms with E-state index in [-0.39, 0.29) is 17.7 Å². The van der Waals surface area contributed by atoms with Crippen LogP contribution in [0.5, 0.6) is 0 Å². The summed E-state index contributed by atoms with van der Waals surface area (Å²) in [6, 6.07) is 15.6. The molecule has 1 unspecified atom stereocenters. The van der Waals surface area contributed by atoms with Crippen molar-refractivity contribution in [2.75, 3.05) is 6.54 Å². The van der Waals surface area contributed by atoms with Gasteiger partial charge < -0.3 is 5.73 Å². The van der Waals surface area contributed by atoms with Crippen LogP contribution in [-0.4, -0.2) is 6.54 Å². The van der Waals surface area contributed by atoms with Crippen LogP contribution in [0, 0.1) is 0 Å². The van der Waals surface area contributed by atoms with E-state index in [4.69, 9.17) is 28.9 Å². The first kappa shape index (κ1) is 16.7. The topological polar surface area (TPSA) is 26.0 Å². The van der Waals surface area contributed by atoms with Crippen molar-refractivity contribution in [2.45, 2.75) is 10.1 Å². The Kier molecular flexibility index (Phi) is 7.05. The van der Waals surface area contributed by atoms with E-state index < -0.39 is 0 Å². The van der Waals surface area contributed by atoms with Gasteiger partial charge in [0.25, 0.3) is 0 Å². The first-order valence-corrected chi connectivity index (χ1v) is 7.21. The number of hydrogen-bond donors (Lipinski definition) is 1. The van der Waals surface area contributed by atoms with Gasteiger partial charge in [-0.2, -0.15) is 0 Å². The summed E-state index contributed by atoms with van der Waals surface area (Å²) in [4.78, 5) is 0.962. The van der Waals surface area contributed by atoms with Crippen LogP contribution in [0.1, 0.15) is 10.8 Å². The smallest absolute Gasteiger partial charge is 0.0543 e. The molecule has 0 saturated heterocycles. The molecule has 0 radical (unpaired) electrons. The molecule has 0 aliphatic carbocycles. The van der Waals surface area contributed by atoms with Crippen molar-refractivity contribution in [2.24, 2.45) is 5.73 Å². The van der Waals surface area contributed by atoms with Gasteiger partial charge in [-0.25, -0.2) is 0 Å². The summed E-state index contributed by atoms with van der Waals surface area (Å²) < 4.78 is 0. The number of nitrogens with two attached hydrogens (primary N) is 1. The van der Waals surface area contributed by atoms with Gasteiger partial charge in [-0.1, -0.05) is 53.5 Å². The molecule has 2 rings (SSSR count). The highest BCUT2D eigenvalue weighted by atomic mass is 35.5. The molecule has 0 spiro atoms. The molecule has 0 aromatic heterocycles. The summed E-state index contributed by atoms with van der Waals surface area (Å²) in [6.45, 7) is 0.553. The van der Waals surface area contributed by atoms with Crippen molar-refractivity contribution in [3.05, 3.63) is 64.1 Å². The van der Waals surface area contributed by atoms with E-state index >= 15 is 0 Å². The van der Waals surface area contributed by atoms with Crippen molar-refractivity contribution in [3.8, 4) is 0 Å². The molecule has 2 aromatic carbocycles. The van der Waals surface area contributed by atoms with Crippen LogP contribution in [0.4, 0.5) is 0 Å². The van der Waals surface area contributed by atoms with Crippen LogP contribution >= 0.6 is 47.4 Å². The van der Waals surface area contributed by atoms with Crippen LogP contribution in [0.15, 0.2) is 53.4 Å². The van der Waals surface area contributed by atoms with Crippen molar-refractivity contribution in [1.82, 2.24) is 0 Å². The van der Waals surface area contributed by atoms with E-state index in [0.29, 0.717) is 16.6 Å². The Bertz CT molecular complexity index is 519. The highest BCUT2D eigenvalue weighted by molar-refractivity contribution is 7.99. The molecule has 19 heavy (non-hydrogen) atoms. The maximum absolute atomic E-state index is 6.16. The fraction of sp³-hybridized carbons (Fsp3) is 0.143. The van der Waals surface area contributed by atoms with Crippen molar-refractivity contribution >= 4 is 47.4 Å². The largest absolute Gasteiger partial charge is 0.329 e. The Morgan fingerprint density at radius 1 is 1.05 bits per heavy atom. The minimum absolute atomic E-state index is 0. The maximum atomic E-state index is 6.16. The predicted octanol–water partition coefficient (Wildman–Crippen LogP) is 5.21. The monoisotopic (exact) mass is 333 g/mol. The summed E-state index contributed by atoms with van der Waals surface area (Å²) in [5, 5.41) is 1.58. The lowest BCUT2D eigenvalue weighted by atomic mass is 10.1. The number of thioether (sulfide) groups is 1. The summed E-state index contributed by atoms with van der Waals surface area (Å²) in [5.41, 5.74) is 7.04. The third-order valence-corrected chi connectivity index (χ3v) is 4.57. The lowest BCUT2D eigenvalue weighted by Gasteiger charge is -2.15. The molecule has 2 N–H and O–H groups in total. The zero-order valence-electron chi connectivity index (χ0n) is 10.1. The van der Waals surface area contributed by atoms with Crippen molar-refractivity contribution in [1.29, 1.82) is 0 Å². The molecule has 0 aliphatic heterocycles. The van der Waals surface area contributed by atoms with Gasteiger partial charge in [0.05, 0.1) is 5.02 Å². The predicted molar refractivity (Wildman–Crippen MR) is 87.8 cm³/mol. The fourth-order valence-corrected chi connectivity index (χ4v) is 3.20. The molecule has 0 fully saturated rings. The Hall–Kier alpha value is -0.380. The van der Waals surface area contributed by atoms with E-state index in [1.54, 1.807) is 17.8 Å². The van der Waals surface area contributed by atoms with Gasteiger partial charge >= 0.3 is 0 Å². The molecule has 2 aromatic rings. The Labute approximate surface area is 133 Å². The number of hydrogen-bond acceptors (Lipinski definition) is 2. The number of rotatable bonds is 4. The van der Waals surface area contributed by atoms with Gasteiger partial charge in [0.2, 0.25) is 0 Å². The second-order valence-electron chi connectivity index (χ2n) is 3.83. The molecular weight excluding hydrogens is 321 g/mol. The maximum Gasteiger partial charge on any atom is 0.0543 e. The van der Waals surface area contributed by atoms with E-state index in [1.807, 2.05) is 30.3 Å². The van der Waals surface area contributed by atoms with Crippen LogP contribution in [0.2, 0.25) is 10.0 Å². The lowest BCUT2D eigenvalue weighted by molar-refractivity contribution is 0.941. The van der Waals surface area contributed by atoms with Gasteiger partial charge in [-0.05, 0) is 23.8 Å². The molecule has 1 atom stereocenters. The van der Waals surface area contributed by atoms with Crippen LogP contribution in [-0.2, 0) is 0 Å². The molecule has 0 heterocycles. The fourth-order valence-electron chi connectivity index (χ4n) is 1.64. The number of benzene rings is 2. The average Bonchev–Trinajstić information content (AvgIpc) is 2.41. The molecule has 0 amide bonds. The summed E-state index contributed by atoms with van der Waals surface area (Å²) >= 11 is 13.8. The molecule has 0 aliphatic rings. The van der Waals surface area contributed by atoms with Gasteiger partial charge in [0.15, 0.2) is 0 Å². The molecule has 5 heteroatoms. The second-order valence-corrected chi connectivity index (χ2v) is 5.92. The first-order valence-electron chi connectivity index (χ1n) is 5.57. The zero-order valence-corrected chi connectivity index (χ0v) is 13.2. The SMILES string of the molecule is Cl.NCC(Sc1cc(Cl)ccc1Cl)c1ccccc1. The van der Waals surface area contributed by atoms with E-state index in [1.165, 1.54) is 5.56 Å². The van der Waals surface area contributed by atoms with Gasteiger partial charge in [0, 0.05) is 21.7 Å². The zero-order chi connectivity index (χ0) is 13.0. The molecule has 1 nitrogen and oxygen atoms in total. The highest BCUT2D eigenvalue weighted by Gasteiger charge is 2.13. The summed E-state index contributed by atoms with van der Waals surface area (Å²) in [5.74, 6) is 0. The Morgan fingerprint density at radius 3 is 2.37 bits per heavy atom. The molecular formula is C14H14Cl3NS. The minimum Gasteiger partial charge on any atom is -0.329 e. The first-order chi connectivity index (χ1) is 8.70. The van der Waals surface area contributed by atoms with Crippen molar-refractivity contribution in [3.63, 3.8) is 0 Å². The van der Waals surface area contributed by atoms with Crippen LogP contribution in [0.3, 0.4) is 0 Å². The van der Waals surface area contributed by atoms with Crippen molar-refractivity contribution < 1.29 is 0 Å². The third kappa shape index (κ3) is 4.59. The normalized spacial score (nSPS) is 11.7. The van der Waals surface area contributed by atoms with Gasteiger partial charge in [-0.15, -0.1) is 24.2 Å². The molecule has 102 valence electrons. The Morgan fingerprint density at radius 2 is 1.74 bits per heavy atom. The van der Waals surface area contributed by atoms with Gasteiger partial charge in [0.1, 0.15) is 0 Å². The summed E-state index contributed by atoms with van der Waals surface area (Å²) in [6.07, 6.45) is 0. The second kappa shape index (κ2) is 8.03. The third-order valence-electron chi connectivity index (χ3n) is 2.55. The minimum atomic E-state index is 0. The lowest BCUT2D eigenvalue weighted by Crippen LogP contribution is -2.09. The Balaban J connectivity index is 0.00000180. The van der Waals surface area contributed by atoms with E-state index in [9.17, 15) is 0 Å². The highest BCUT2D eigenvalue weighted by Crippen LogP contribution is 2.39. The van der Waals surface area contributed by atoms with Gasteiger partial charge in [-0.3, -0.25) is 0 Å². The van der Waals surface area contributed by atoms with E-state index in [0.717, 1.165) is 4.90 Å².